The van der Waals surface area contributed by atoms with Gasteiger partial charge in [-0.1, -0.05) is 0 Å². The zero-order chi connectivity index (χ0) is 11.5. The lowest BCUT2D eigenvalue weighted by Gasteiger charge is -2.12. The van der Waals surface area contributed by atoms with E-state index in [4.69, 9.17) is 5.73 Å². The van der Waals surface area contributed by atoms with Crippen molar-refractivity contribution in [3.63, 3.8) is 0 Å². The molecule has 1 aromatic heterocycles. The summed E-state index contributed by atoms with van der Waals surface area (Å²) < 4.78 is 0. The van der Waals surface area contributed by atoms with E-state index in [-0.39, 0.29) is 17.8 Å². The van der Waals surface area contributed by atoms with Crippen LogP contribution in [0.4, 0.5) is 5.82 Å². The molecule has 1 radical (unpaired) electrons. The van der Waals surface area contributed by atoms with Crippen molar-refractivity contribution < 1.29 is 9.90 Å². The van der Waals surface area contributed by atoms with Crippen LogP contribution in [0.25, 0.3) is 0 Å². The highest BCUT2D eigenvalue weighted by atomic mass is 16.3. The molecule has 0 aliphatic heterocycles. The van der Waals surface area contributed by atoms with Crippen molar-refractivity contribution in [3.8, 4) is 0 Å². The van der Waals surface area contributed by atoms with Gasteiger partial charge in [-0.2, -0.15) is 0 Å². The molecule has 0 bridgehead atoms. The minimum absolute atomic E-state index is 0.128. The molecule has 2 atom stereocenters. The van der Waals surface area contributed by atoms with Crippen molar-refractivity contribution in [1.29, 1.82) is 0 Å². The van der Waals surface area contributed by atoms with Gasteiger partial charge in [-0.25, -0.2) is 4.98 Å². The van der Waals surface area contributed by atoms with Gasteiger partial charge in [0.1, 0.15) is 11.5 Å². The van der Waals surface area contributed by atoms with E-state index in [1.807, 2.05) is 0 Å². The van der Waals surface area contributed by atoms with Gasteiger partial charge in [0, 0.05) is 12.1 Å². The summed E-state index contributed by atoms with van der Waals surface area (Å²) in [4.78, 5) is 14.9. The van der Waals surface area contributed by atoms with E-state index in [0.29, 0.717) is 12.2 Å². The molecule has 1 saturated carbocycles. The van der Waals surface area contributed by atoms with Gasteiger partial charge >= 0.3 is 0 Å². The number of carbonyl (C=O) groups excluding carboxylic acids is 1. The number of aromatic nitrogens is 1. The van der Waals surface area contributed by atoms with Crippen molar-refractivity contribution >= 4 is 11.7 Å². The number of nitrogens with one attached hydrogen (secondary N) is 1. The molecule has 16 heavy (non-hydrogen) atoms. The third-order valence-corrected chi connectivity index (χ3v) is 2.68. The van der Waals surface area contributed by atoms with E-state index in [2.05, 4.69) is 16.4 Å². The number of nitrogens with zero attached hydrogens (tertiary/aromatic N) is 1. The van der Waals surface area contributed by atoms with Crippen LogP contribution in [0.1, 0.15) is 29.8 Å². The van der Waals surface area contributed by atoms with Gasteiger partial charge in [0.15, 0.2) is 0 Å². The number of amides is 1. The number of hydrogen-bond donors (Lipinski definition) is 3. The van der Waals surface area contributed by atoms with Crippen LogP contribution in [-0.2, 0) is 0 Å². The lowest BCUT2D eigenvalue weighted by Crippen LogP contribution is -2.19. The normalized spacial score (nSPS) is 24.3. The first-order chi connectivity index (χ1) is 7.65. The number of carbonyl (C=O) groups is 1. The molecule has 0 saturated heterocycles. The van der Waals surface area contributed by atoms with Crippen LogP contribution in [0.2, 0.25) is 0 Å². The van der Waals surface area contributed by atoms with E-state index in [1.54, 1.807) is 12.1 Å². The lowest BCUT2D eigenvalue weighted by atomic mass is 10.2. The SMILES string of the molecule is NC(=O)c1[c]ccc(N[C@@H]2CC[C@@H](O)C2)n1. The first-order valence-electron chi connectivity index (χ1n) is 5.28. The second-order valence-corrected chi connectivity index (χ2v) is 4.00. The maximum absolute atomic E-state index is 10.9. The highest BCUT2D eigenvalue weighted by Crippen LogP contribution is 2.22. The molecule has 5 nitrogen and oxygen atoms in total. The molecule has 0 spiro atoms. The Labute approximate surface area is 93.7 Å². The summed E-state index contributed by atoms with van der Waals surface area (Å²) in [6.45, 7) is 0. The van der Waals surface area contributed by atoms with Crippen LogP contribution in [0.5, 0.6) is 0 Å². The second-order valence-electron chi connectivity index (χ2n) is 4.00. The lowest BCUT2D eigenvalue weighted by molar-refractivity contribution is 0.0995. The van der Waals surface area contributed by atoms with Crippen molar-refractivity contribution in [3.05, 3.63) is 23.9 Å². The second kappa shape index (κ2) is 4.49. The van der Waals surface area contributed by atoms with Crippen molar-refractivity contribution in [2.75, 3.05) is 5.32 Å². The predicted octanol–water partition coefficient (Wildman–Crippen LogP) is 0.306. The Morgan fingerprint density at radius 3 is 3.06 bits per heavy atom. The highest BCUT2D eigenvalue weighted by molar-refractivity contribution is 5.90. The first-order valence-corrected chi connectivity index (χ1v) is 5.28. The van der Waals surface area contributed by atoms with Crippen molar-refractivity contribution in [2.45, 2.75) is 31.4 Å². The maximum Gasteiger partial charge on any atom is 0.268 e. The summed E-state index contributed by atoms with van der Waals surface area (Å²) in [6, 6.07) is 6.23. The summed E-state index contributed by atoms with van der Waals surface area (Å²) >= 11 is 0. The molecule has 5 heteroatoms. The Hall–Kier alpha value is -1.62. The monoisotopic (exact) mass is 220 g/mol. The summed E-state index contributed by atoms with van der Waals surface area (Å²) in [5.74, 6) is 0.0155. The van der Waals surface area contributed by atoms with Crippen LogP contribution in [-0.4, -0.2) is 28.1 Å². The number of pyridine rings is 1. The van der Waals surface area contributed by atoms with Gasteiger partial charge in [0.2, 0.25) is 0 Å². The van der Waals surface area contributed by atoms with E-state index in [1.165, 1.54) is 0 Å². The zero-order valence-electron chi connectivity index (χ0n) is 8.81. The van der Waals surface area contributed by atoms with Gasteiger partial charge < -0.3 is 16.2 Å². The molecule has 0 unspecified atom stereocenters. The zero-order valence-corrected chi connectivity index (χ0v) is 8.81. The van der Waals surface area contributed by atoms with Gasteiger partial charge in [-0.3, -0.25) is 4.79 Å². The van der Waals surface area contributed by atoms with Gasteiger partial charge in [0.25, 0.3) is 5.91 Å². The third kappa shape index (κ3) is 2.49. The fourth-order valence-corrected chi connectivity index (χ4v) is 1.89. The molecule has 1 aromatic rings. The highest BCUT2D eigenvalue weighted by Gasteiger charge is 2.22. The van der Waals surface area contributed by atoms with E-state index < -0.39 is 5.91 Å². The topological polar surface area (TPSA) is 88.2 Å². The number of nitrogens with two attached hydrogens (primary N) is 1. The number of primary amides is 1. The molecule has 1 amide bonds. The molecule has 0 aromatic carbocycles. The molecular formula is C11H14N3O2. The van der Waals surface area contributed by atoms with E-state index in [9.17, 15) is 9.90 Å². The average molecular weight is 220 g/mol. The first kappa shape index (κ1) is 10.9. The Morgan fingerprint density at radius 2 is 2.44 bits per heavy atom. The number of anilines is 1. The van der Waals surface area contributed by atoms with Crippen LogP contribution >= 0.6 is 0 Å². The van der Waals surface area contributed by atoms with Gasteiger partial charge in [0.05, 0.1) is 6.10 Å². The molecular weight excluding hydrogens is 206 g/mol. The van der Waals surface area contributed by atoms with Crippen molar-refractivity contribution in [2.24, 2.45) is 5.73 Å². The fraction of sp³-hybridized carbons (Fsp3) is 0.455. The fourth-order valence-electron chi connectivity index (χ4n) is 1.89. The smallest absolute Gasteiger partial charge is 0.268 e. The Balaban J connectivity index is 2.04. The Bertz CT molecular complexity index is 395. The molecule has 85 valence electrons. The molecule has 1 aliphatic rings. The Kier molecular flexibility index (Phi) is 3.05. The largest absolute Gasteiger partial charge is 0.393 e. The molecule has 1 fully saturated rings. The molecule has 2 rings (SSSR count). The summed E-state index contributed by atoms with van der Waals surface area (Å²) in [7, 11) is 0. The number of aliphatic hydroxyl groups is 1. The Morgan fingerprint density at radius 1 is 1.62 bits per heavy atom. The molecule has 4 N–H and O–H groups in total. The van der Waals surface area contributed by atoms with Crippen LogP contribution < -0.4 is 11.1 Å². The van der Waals surface area contributed by atoms with Crippen LogP contribution in [0, 0.1) is 6.07 Å². The summed E-state index contributed by atoms with van der Waals surface area (Å²) in [5, 5.41) is 12.5. The number of aliphatic hydroxyl groups excluding tert-OH is 1. The van der Waals surface area contributed by atoms with Gasteiger partial charge in [-0.05, 0) is 31.4 Å². The van der Waals surface area contributed by atoms with Gasteiger partial charge in [-0.15, -0.1) is 0 Å². The molecule has 1 heterocycles. The molecule has 1 aliphatic carbocycles. The summed E-state index contributed by atoms with van der Waals surface area (Å²) in [5.41, 5.74) is 5.24. The minimum Gasteiger partial charge on any atom is -0.393 e. The maximum atomic E-state index is 10.9. The standard InChI is InChI=1S/C11H14N3O2/c12-11(16)9-2-1-3-10(14-9)13-7-4-5-8(15)6-7/h1,3,7-8,15H,4-6H2,(H2,12,16)(H,13,14)/t7-,8-/m1/s1. The van der Waals surface area contributed by atoms with Crippen molar-refractivity contribution in [1.82, 2.24) is 4.98 Å². The quantitative estimate of drug-likeness (QED) is 0.683. The number of hydrogen-bond acceptors (Lipinski definition) is 4. The minimum atomic E-state index is -0.588. The van der Waals surface area contributed by atoms with Crippen LogP contribution in [0.15, 0.2) is 12.1 Å². The van der Waals surface area contributed by atoms with E-state index >= 15 is 0 Å². The average Bonchev–Trinajstić information content (AvgIpc) is 2.64. The summed E-state index contributed by atoms with van der Waals surface area (Å²) in [6.07, 6.45) is 2.20. The predicted molar refractivity (Wildman–Crippen MR) is 58.9 cm³/mol. The van der Waals surface area contributed by atoms with Crippen LogP contribution in [0.3, 0.4) is 0 Å². The third-order valence-electron chi connectivity index (χ3n) is 2.68. The van der Waals surface area contributed by atoms with E-state index in [0.717, 1.165) is 12.8 Å². The number of rotatable bonds is 3.